The minimum atomic E-state index is -4.08. The lowest BCUT2D eigenvalue weighted by Gasteiger charge is -2.08. The molecule has 0 aliphatic carbocycles. The van der Waals surface area contributed by atoms with E-state index in [1.165, 1.54) is 24.3 Å². The molecule has 3 N–H and O–H groups in total. The van der Waals surface area contributed by atoms with Crippen LogP contribution in [0.5, 0.6) is 5.75 Å². The maximum absolute atomic E-state index is 12.4. The van der Waals surface area contributed by atoms with Crippen molar-refractivity contribution in [3.05, 3.63) is 56.5 Å². The second-order valence-corrected chi connectivity index (χ2v) is 6.97. The number of hydrogen-bond acceptors (Lipinski definition) is 4. The van der Waals surface area contributed by atoms with Crippen LogP contribution >= 0.6 is 34.8 Å². The molecule has 116 valence electrons. The predicted octanol–water partition coefficient (Wildman–Crippen LogP) is 3.23. The van der Waals surface area contributed by atoms with Crippen LogP contribution in [0.4, 0.5) is 0 Å². The number of nitrogens with two attached hydrogens (primary N) is 1. The summed E-state index contributed by atoms with van der Waals surface area (Å²) in [5.74, 6) is -0.863. The average molecular weight is 381 g/mol. The van der Waals surface area contributed by atoms with Crippen molar-refractivity contribution in [3.8, 4) is 5.75 Å². The first kappa shape index (κ1) is 17.1. The number of phenolic OH excluding ortho intramolecular Hbond substituents is 1. The lowest BCUT2D eigenvalue weighted by Crippen LogP contribution is -2.14. The molecule has 0 aliphatic heterocycles. The van der Waals surface area contributed by atoms with Crippen molar-refractivity contribution in [1.82, 2.24) is 0 Å². The Morgan fingerprint density at radius 1 is 1.05 bits per heavy atom. The Bertz CT molecular complexity index is 881. The lowest BCUT2D eigenvalue weighted by atomic mass is 10.0. The molecule has 2 aromatic rings. The van der Waals surface area contributed by atoms with Crippen molar-refractivity contribution < 1.29 is 18.3 Å². The summed E-state index contributed by atoms with van der Waals surface area (Å²) in [6.45, 7) is 0. The molecule has 22 heavy (non-hydrogen) atoms. The zero-order chi connectivity index (χ0) is 16.7. The van der Waals surface area contributed by atoms with Gasteiger partial charge in [0.25, 0.3) is 0 Å². The number of carbonyl (C=O) groups is 1. The largest absolute Gasteiger partial charge is 0.506 e. The van der Waals surface area contributed by atoms with Crippen LogP contribution in [-0.2, 0) is 10.0 Å². The average Bonchev–Trinajstić information content (AvgIpc) is 2.43. The maximum Gasteiger partial charge on any atom is 0.239 e. The number of hydrogen-bond donors (Lipinski definition) is 2. The summed E-state index contributed by atoms with van der Waals surface area (Å²) < 4.78 is 22.9. The van der Waals surface area contributed by atoms with Gasteiger partial charge in [-0.2, -0.15) is 0 Å². The summed E-state index contributed by atoms with van der Waals surface area (Å²) in [6, 6.07) is 6.10. The summed E-state index contributed by atoms with van der Waals surface area (Å²) in [7, 11) is -4.08. The van der Waals surface area contributed by atoms with Crippen LogP contribution in [0.15, 0.2) is 35.2 Å². The number of rotatable bonds is 3. The van der Waals surface area contributed by atoms with Crippen LogP contribution in [-0.4, -0.2) is 19.3 Å². The molecule has 0 heterocycles. The number of ketones is 1. The molecule has 0 radical (unpaired) electrons. The van der Waals surface area contributed by atoms with Crippen molar-refractivity contribution in [2.75, 3.05) is 0 Å². The van der Waals surface area contributed by atoms with Crippen molar-refractivity contribution in [2.24, 2.45) is 5.14 Å². The first-order chi connectivity index (χ1) is 10.1. The molecule has 0 aliphatic rings. The van der Waals surface area contributed by atoms with Crippen LogP contribution in [0, 0.1) is 0 Å². The van der Waals surface area contributed by atoms with Gasteiger partial charge < -0.3 is 5.11 Å². The molecule has 0 amide bonds. The highest BCUT2D eigenvalue weighted by molar-refractivity contribution is 7.89. The van der Waals surface area contributed by atoms with E-state index in [9.17, 15) is 18.3 Å². The van der Waals surface area contributed by atoms with E-state index in [0.717, 1.165) is 6.07 Å². The third-order valence-electron chi connectivity index (χ3n) is 2.81. The predicted molar refractivity (Wildman–Crippen MR) is 84.4 cm³/mol. The Labute approximate surface area is 141 Å². The molecule has 0 saturated carbocycles. The van der Waals surface area contributed by atoms with Crippen LogP contribution < -0.4 is 5.14 Å². The molecular weight excluding hydrogens is 373 g/mol. The molecule has 2 aromatic carbocycles. The van der Waals surface area contributed by atoms with Gasteiger partial charge in [-0.15, -0.1) is 0 Å². The van der Waals surface area contributed by atoms with Gasteiger partial charge in [-0.1, -0.05) is 34.8 Å². The van der Waals surface area contributed by atoms with E-state index >= 15 is 0 Å². The number of sulfonamides is 1. The van der Waals surface area contributed by atoms with E-state index in [2.05, 4.69) is 0 Å². The van der Waals surface area contributed by atoms with Crippen LogP contribution in [0.3, 0.4) is 0 Å². The van der Waals surface area contributed by atoms with E-state index in [4.69, 9.17) is 39.9 Å². The summed E-state index contributed by atoms with van der Waals surface area (Å²) >= 11 is 17.5. The van der Waals surface area contributed by atoms with E-state index in [1.807, 2.05) is 0 Å². The number of aromatic hydroxyl groups is 1. The first-order valence-electron chi connectivity index (χ1n) is 5.67. The molecular formula is C13H8Cl3NO4S. The molecule has 0 atom stereocenters. The van der Waals surface area contributed by atoms with Crippen LogP contribution in [0.2, 0.25) is 15.1 Å². The third-order valence-corrected chi connectivity index (χ3v) is 5.07. The SMILES string of the molecule is NS(=O)(=O)c1cc(C(=O)c2ccc(O)c(Cl)c2Cl)ccc1Cl. The molecule has 0 bridgehead atoms. The number of primary sulfonamides is 1. The standard InChI is InChI=1S/C13H8Cl3NO4S/c14-8-3-1-6(5-10(8)22(17,20)21)13(19)7-2-4-9(18)12(16)11(7)15/h1-5,18H,(H2,17,20,21). The lowest BCUT2D eigenvalue weighted by molar-refractivity contribution is 0.103. The Morgan fingerprint density at radius 3 is 2.27 bits per heavy atom. The molecule has 0 aromatic heterocycles. The van der Waals surface area contributed by atoms with Gasteiger partial charge in [-0.05, 0) is 30.3 Å². The summed E-state index contributed by atoms with van der Waals surface area (Å²) in [6.07, 6.45) is 0. The molecule has 5 nitrogen and oxygen atoms in total. The van der Waals surface area contributed by atoms with Gasteiger partial charge in [0, 0.05) is 11.1 Å². The Kier molecular flexibility index (Phi) is 4.70. The smallest absolute Gasteiger partial charge is 0.239 e. The summed E-state index contributed by atoms with van der Waals surface area (Å²) in [5.41, 5.74) is 0.0178. The van der Waals surface area contributed by atoms with Gasteiger partial charge >= 0.3 is 0 Å². The van der Waals surface area contributed by atoms with Crippen LogP contribution in [0.25, 0.3) is 0 Å². The molecule has 0 unspecified atom stereocenters. The van der Waals surface area contributed by atoms with Gasteiger partial charge in [-0.3, -0.25) is 4.79 Å². The summed E-state index contributed by atoms with van der Waals surface area (Å²) in [4.78, 5) is 12.0. The molecule has 0 saturated heterocycles. The monoisotopic (exact) mass is 379 g/mol. The Hall–Kier alpha value is -1.31. The van der Waals surface area contributed by atoms with Crippen LogP contribution in [0.1, 0.15) is 15.9 Å². The van der Waals surface area contributed by atoms with Crippen molar-refractivity contribution in [1.29, 1.82) is 0 Å². The fourth-order valence-corrected chi connectivity index (χ4v) is 3.21. The second-order valence-electron chi connectivity index (χ2n) is 4.28. The third kappa shape index (κ3) is 3.21. The fourth-order valence-electron chi connectivity index (χ4n) is 1.73. The zero-order valence-corrected chi connectivity index (χ0v) is 13.8. The normalized spacial score (nSPS) is 11.5. The first-order valence-corrected chi connectivity index (χ1v) is 8.35. The van der Waals surface area contributed by atoms with Crippen molar-refractivity contribution in [2.45, 2.75) is 4.90 Å². The van der Waals surface area contributed by atoms with Gasteiger partial charge in [0.1, 0.15) is 15.7 Å². The molecule has 0 fully saturated rings. The van der Waals surface area contributed by atoms with Gasteiger partial charge in [0.2, 0.25) is 10.0 Å². The Balaban J connectivity index is 2.59. The molecule has 0 spiro atoms. The maximum atomic E-state index is 12.4. The van der Waals surface area contributed by atoms with E-state index < -0.39 is 15.8 Å². The molecule has 2 rings (SSSR count). The highest BCUT2D eigenvalue weighted by Crippen LogP contribution is 2.35. The van der Waals surface area contributed by atoms with Crippen molar-refractivity contribution in [3.63, 3.8) is 0 Å². The van der Waals surface area contributed by atoms with Gasteiger partial charge in [0.15, 0.2) is 5.78 Å². The number of benzene rings is 2. The highest BCUT2D eigenvalue weighted by Gasteiger charge is 2.20. The van der Waals surface area contributed by atoms with E-state index in [0.29, 0.717) is 0 Å². The summed E-state index contributed by atoms with van der Waals surface area (Å²) in [5, 5.41) is 14.0. The Morgan fingerprint density at radius 2 is 1.68 bits per heavy atom. The van der Waals surface area contributed by atoms with Gasteiger partial charge in [0.05, 0.1) is 10.0 Å². The van der Waals surface area contributed by atoms with E-state index in [1.54, 1.807) is 0 Å². The highest BCUT2D eigenvalue weighted by atomic mass is 35.5. The quantitative estimate of drug-likeness (QED) is 0.799. The fraction of sp³-hybridized carbons (Fsp3) is 0. The van der Waals surface area contributed by atoms with Gasteiger partial charge in [-0.25, -0.2) is 13.6 Å². The number of phenols is 1. The van der Waals surface area contributed by atoms with E-state index in [-0.39, 0.29) is 36.8 Å². The van der Waals surface area contributed by atoms with Crippen molar-refractivity contribution >= 4 is 50.6 Å². The second kappa shape index (κ2) is 6.06. The zero-order valence-electron chi connectivity index (χ0n) is 10.7. The minimum Gasteiger partial charge on any atom is -0.506 e. The minimum absolute atomic E-state index is 0.00663. The molecule has 9 heteroatoms. The number of carbonyl (C=O) groups excluding carboxylic acids is 1. The number of halogens is 3. The topological polar surface area (TPSA) is 97.5 Å².